The molecule has 16 aromatic rings. The molecule has 18 heterocycles. The summed E-state index contributed by atoms with van der Waals surface area (Å²) >= 11 is 15.3. The number of piperazine rings is 4. The Kier molecular flexibility index (Phi) is 21.6. The maximum absolute atomic E-state index is 12.7. The number of thiazole rings is 2. The number of nitrogens with one attached hydrogen (secondary N) is 3. The lowest BCUT2D eigenvalue weighted by molar-refractivity contribution is 0.205. The third-order valence-electron chi connectivity index (χ3n) is 22.1. The normalized spacial score (nSPS) is 20.0. The van der Waals surface area contributed by atoms with Gasteiger partial charge in [-0.3, -0.25) is 4.90 Å². The molecule has 0 spiro atoms. The van der Waals surface area contributed by atoms with Crippen molar-refractivity contribution in [3.8, 4) is 43.7 Å². The number of aryl methyl sites for hydroxylation is 2. The first kappa shape index (κ1) is 78.2. The summed E-state index contributed by atoms with van der Waals surface area (Å²) < 4.78 is 28.1. The van der Waals surface area contributed by atoms with E-state index < -0.39 is 22.5 Å². The predicted molar refractivity (Wildman–Crippen MR) is 468 cm³/mol. The highest BCUT2D eigenvalue weighted by Crippen LogP contribution is 2.37. The number of benzene rings is 2. The maximum atomic E-state index is 12.7. The Bertz CT molecular complexity index is 6560. The van der Waals surface area contributed by atoms with Gasteiger partial charge in [0.15, 0.2) is 0 Å². The quantitative estimate of drug-likeness (QED) is 0.127. The zero-order valence-corrected chi connectivity index (χ0v) is 69.5. The first-order valence-corrected chi connectivity index (χ1v) is 41.5. The minimum absolute atomic E-state index is 0.314. The van der Waals surface area contributed by atoms with Crippen LogP contribution >= 0.6 is 45.9 Å². The molecule has 4 saturated heterocycles. The largest absolute Gasteiger partial charge is 0.403 e. The van der Waals surface area contributed by atoms with Gasteiger partial charge in [-0.05, 0) is 203 Å². The van der Waals surface area contributed by atoms with Crippen molar-refractivity contribution in [3.63, 3.8) is 0 Å². The summed E-state index contributed by atoms with van der Waals surface area (Å²) in [5.41, 5.74) is 7.82. The molecule has 4 aliphatic rings. The van der Waals surface area contributed by atoms with E-state index in [2.05, 4.69) is 143 Å². The number of aromatic nitrogens is 10. The van der Waals surface area contributed by atoms with E-state index in [1.165, 1.54) is 22.7 Å². The summed E-state index contributed by atoms with van der Waals surface area (Å²) in [5.74, 6) is 3.31. The van der Waals surface area contributed by atoms with Crippen LogP contribution in [0.2, 0.25) is 10.0 Å². The summed E-state index contributed by atoms with van der Waals surface area (Å²) in [7, 11) is 2.14. The fourth-order valence-corrected chi connectivity index (χ4v) is 17.9. The molecule has 0 radical (unpaired) electrons. The molecular formula is C87H86Cl2N18O8S2. The highest BCUT2D eigenvalue weighted by atomic mass is 35.5. The Morgan fingerprint density at radius 1 is 0.385 bits per heavy atom. The van der Waals surface area contributed by atoms with E-state index in [1.807, 2.05) is 157 Å². The van der Waals surface area contributed by atoms with Crippen molar-refractivity contribution in [1.29, 1.82) is 0 Å². The molecule has 598 valence electrons. The number of hydrogen-bond donors (Lipinski definition) is 3. The highest BCUT2D eigenvalue weighted by Gasteiger charge is 2.31. The molecule has 4 aliphatic heterocycles. The Morgan fingerprint density at radius 2 is 0.778 bits per heavy atom. The van der Waals surface area contributed by atoms with Gasteiger partial charge in [0.25, 0.3) is 0 Å². The monoisotopic (exact) mass is 1640 g/mol. The Hall–Kier alpha value is -11.3. The first-order valence-electron chi connectivity index (χ1n) is 39.1. The van der Waals surface area contributed by atoms with E-state index in [1.54, 1.807) is 24.3 Å². The lowest BCUT2D eigenvalue weighted by Crippen LogP contribution is -2.55. The highest BCUT2D eigenvalue weighted by molar-refractivity contribution is 7.22. The van der Waals surface area contributed by atoms with E-state index in [0.717, 1.165) is 129 Å². The zero-order chi connectivity index (χ0) is 81.4. The van der Waals surface area contributed by atoms with Crippen LogP contribution in [0.25, 0.3) is 120 Å². The van der Waals surface area contributed by atoms with Crippen LogP contribution in [0.1, 0.15) is 66.5 Å². The van der Waals surface area contributed by atoms with Gasteiger partial charge in [0.05, 0.1) is 53.1 Å². The first-order chi connectivity index (χ1) is 56.3. The second-order valence-electron chi connectivity index (χ2n) is 31.2. The minimum Gasteiger partial charge on any atom is -0.403 e. The van der Waals surface area contributed by atoms with E-state index >= 15 is 0 Å². The van der Waals surface area contributed by atoms with Crippen LogP contribution in [0.4, 0.5) is 23.3 Å². The van der Waals surface area contributed by atoms with E-state index in [9.17, 15) is 19.2 Å². The van der Waals surface area contributed by atoms with Gasteiger partial charge in [-0.15, -0.1) is 22.7 Å². The molecule has 0 bridgehead atoms. The molecule has 117 heavy (non-hydrogen) atoms. The number of nitrogens with zero attached hydrogens (tertiary/aromatic N) is 15. The second-order valence-corrected chi connectivity index (χ2v) is 34.0. The number of anilines is 4. The van der Waals surface area contributed by atoms with Crippen LogP contribution in [-0.4, -0.2) is 161 Å². The number of imidazole rings is 2. The third kappa shape index (κ3) is 16.1. The molecule has 0 unspecified atom stereocenters. The molecule has 26 nitrogen and oxygen atoms in total. The Morgan fingerprint density at radius 3 is 1.21 bits per heavy atom. The molecule has 4 fully saturated rings. The van der Waals surface area contributed by atoms with Gasteiger partial charge >= 0.3 is 22.5 Å². The fourth-order valence-electron chi connectivity index (χ4n) is 15.4. The van der Waals surface area contributed by atoms with Gasteiger partial charge in [0.1, 0.15) is 55.6 Å². The molecule has 30 heteroatoms. The Labute approximate surface area is 689 Å². The molecule has 2 aromatic carbocycles. The number of likely N-dealkylation sites (N-methyl/N-ethyl adjacent to an activating group) is 1. The Balaban J connectivity index is 0.000000112. The number of hydrogen-bond acceptors (Lipinski definition) is 26. The lowest BCUT2D eigenvalue weighted by atomic mass is 10.1. The average molecular weight is 1650 g/mol. The van der Waals surface area contributed by atoms with E-state index in [4.69, 9.17) is 40.9 Å². The van der Waals surface area contributed by atoms with Gasteiger partial charge in [-0.25, -0.2) is 39.1 Å². The summed E-state index contributed by atoms with van der Waals surface area (Å²) in [6, 6.07) is 45.0. The lowest BCUT2D eigenvalue weighted by Gasteiger charge is -2.43. The van der Waals surface area contributed by atoms with Crippen molar-refractivity contribution in [1.82, 2.24) is 69.5 Å². The second kappa shape index (κ2) is 32.3. The zero-order valence-electron chi connectivity index (χ0n) is 66.3. The minimum atomic E-state index is -0.445. The van der Waals surface area contributed by atoms with Crippen LogP contribution < -0.4 is 58.1 Å². The molecule has 3 N–H and O–H groups in total. The van der Waals surface area contributed by atoms with Crippen LogP contribution in [0.5, 0.6) is 0 Å². The summed E-state index contributed by atoms with van der Waals surface area (Å²) in [5, 5.41) is 15.8. The molecule has 0 aliphatic carbocycles. The van der Waals surface area contributed by atoms with Gasteiger partial charge < -0.3 is 62.0 Å². The smallest absolute Gasteiger partial charge is 0.347 e. The van der Waals surface area contributed by atoms with Crippen molar-refractivity contribution in [2.75, 3.05) is 79.0 Å². The third-order valence-corrected chi connectivity index (χ3v) is 24.8. The van der Waals surface area contributed by atoms with Crippen molar-refractivity contribution >= 4 is 145 Å². The number of halogens is 2. The van der Waals surface area contributed by atoms with Crippen molar-refractivity contribution < 1.29 is 17.7 Å². The van der Waals surface area contributed by atoms with Gasteiger partial charge in [0, 0.05) is 147 Å². The molecule has 0 amide bonds. The molecule has 0 saturated carbocycles. The summed E-state index contributed by atoms with van der Waals surface area (Å²) in [4.78, 5) is 99.1. The molecular weight excluding hydrogens is 1560 g/mol. The van der Waals surface area contributed by atoms with E-state index in [-0.39, 0.29) is 0 Å². The van der Waals surface area contributed by atoms with Gasteiger partial charge in [-0.1, -0.05) is 41.4 Å². The van der Waals surface area contributed by atoms with Crippen LogP contribution in [0.15, 0.2) is 195 Å². The predicted octanol–water partition coefficient (Wildman–Crippen LogP) is 14.9. The van der Waals surface area contributed by atoms with Crippen LogP contribution in [0, 0.1) is 13.8 Å². The van der Waals surface area contributed by atoms with Crippen LogP contribution in [0.3, 0.4) is 0 Å². The van der Waals surface area contributed by atoms with E-state index in [0.29, 0.717) is 136 Å². The number of rotatable bonds is 8. The van der Waals surface area contributed by atoms with Crippen molar-refractivity contribution in [2.24, 2.45) is 0 Å². The number of fused-ring (bicyclic) bond motifs is 8. The van der Waals surface area contributed by atoms with Crippen molar-refractivity contribution in [2.45, 2.75) is 118 Å². The number of pyridine rings is 6. The van der Waals surface area contributed by atoms with Crippen molar-refractivity contribution in [3.05, 3.63) is 221 Å². The molecule has 14 aromatic heterocycles. The van der Waals surface area contributed by atoms with Gasteiger partial charge in [-0.2, -0.15) is 19.9 Å². The number of para-hydroxylation sites is 2. The topological polar surface area (TPSA) is 285 Å². The average Bonchev–Trinajstić information content (AvgIpc) is 1.67. The fraction of sp³-hybridized carbons (Fsp3) is 0.310. The summed E-state index contributed by atoms with van der Waals surface area (Å²) in [6.07, 6.45) is 7.62. The maximum Gasteiger partial charge on any atom is 0.347 e. The summed E-state index contributed by atoms with van der Waals surface area (Å²) in [6.45, 7) is 28.5. The van der Waals surface area contributed by atoms with Gasteiger partial charge in [0.2, 0.25) is 22.9 Å². The molecule has 20 rings (SSSR count). The molecule has 8 atom stereocenters. The van der Waals surface area contributed by atoms with Crippen LogP contribution in [-0.2, 0) is 0 Å². The standard InChI is InChI=1S/C22H21ClN4O2S.2C22H23N5O2.C21H19ClN4O2S/c1-12-11-27(13(2)10-26(12)3)18-8-7-14-9-15(22(28)29-20(14)24-18)21-25-19-16(23)5-4-6-17(19)30-21;1-13-4-6-19-24-18(12-26(19)10-13)17-8-16-5-7-20(25-21(16)29-22(17)28)27-11-14(2)23-9-15(27)3;1-13-6-7-26-12-18(24-20(26)8-13)17-9-16-4-5-19(25-21(16)29-22(17)28)27-11-14(2)23-10-15(27)3;1-11-10-26(12(2)9-23-11)17-7-6-13-8-14(21(27)28-19(13)24-17)20-25-18-15(22)4-3-5-16(18)29-20/h4-9,12-13H,10-11H2,1-3H3;4-8,10,12,14-15,23H,9,11H2,1-3H3;4-9,12,14-15,23H,10-11H2,1-3H3;3-8,11-12,23H,9-10H2,1-2H3/t12-,13+;2*14-,15+;11-,12+/m0000/s1. The SMILES string of the molecule is C[C@@H]1CN(C)[C@@H](C)CN1c1ccc2cc(-c3nc4c(Cl)cccc4s3)c(=O)oc2n1.C[C@@H]1CN[C@@H](C)CN1c1ccc2cc(-c3nc4c(Cl)cccc4s3)c(=O)oc2n1.Cc1ccc2nc(-c3cc4ccc(N5C[C@H](C)NC[C@H]5C)nc4oc3=O)cn2c1.Cc1ccn2cc(-c3cc4ccc(N5C[C@H](C)NC[C@H]5C)nc4oc3=O)nc2c1.